The molecular formula is C81H102ClN19O18S. The van der Waals surface area contributed by atoms with E-state index in [2.05, 4.69) is 76.9 Å². The number of nitrogens with one attached hydrogen (secondary N) is 9. The molecule has 8 heterocycles. The molecule has 1 atom stereocenters. The molecule has 0 fully saturated rings. The summed E-state index contributed by atoms with van der Waals surface area (Å²) in [6.45, 7) is 12.7. The highest BCUT2D eigenvalue weighted by Crippen LogP contribution is 2.40. The van der Waals surface area contributed by atoms with Gasteiger partial charge in [-0.25, -0.2) is 4.98 Å². The monoisotopic (exact) mass is 1700 g/mol. The van der Waals surface area contributed by atoms with Crippen molar-refractivity contribution < 1.29 is 85.8 Å². The zero-order chi connectivity index (χ0) is 85.5. The van der Waals surface area contributed by atoms with E-state index in [1.165, 1.54) is 44.3 Å². The fourth-order valence-electron chi connectivity index (χ4n) is 12.4. The van der Waals surface area contributed by atoms with Crippen molar-refractivity contribution in [3.63, 3.8) is 0 Å². The molecule has 39 heteroatoms. The fraction of sp³-hybridized carbons (Fsp3) is 0.420. The van der Waals surface area contributed by atoms with Gasteiger partial charge in [0.2, 0.25) is 29.5 Å². The highest BCUT2D eigenvalue weighted by molar-refractivity contribution is 7.15. The lowest BCUT2D eigenvalue weighted by atomic mass is 9.99. The molecule has 1 aliphatic rings. The third-order valence-corrected chi connectivity index (χ3v) is 19.9. The quantitative estimate of drug-likeness (QED) is 0.0187. The van der Waals surface area contributed by atoms with E-state index in [-0.39, 0.29) is 111 Å². The number of benzene rings is 2. The minimum absolute atomic E-state index is 0.0183. The molecule has 642 valence electrons. The molecule has 9 aromatic rings. The van der Waals surface area contributed by atoms with Crippen molar-refractivity contribution in [1.29, 1.82) is 0 Å². The molecule has 37 nitrogen and oxygen atoms in total. The SMILES string of the molecule is Cc1sc2c(c1C)C(c1ccc(Cl)cc1)=N[C@@H](CC(=O)Nc1cccc(OCCOCCOCCOCCOCCOCCOCCOCCOCCNC(=O)CCNC(=O)c3cc(NC(=O)CCNC(=O)c4cc(NC(=O)c5nc(NC(=O)CCNC(=O)c6cc(NC(=O)c7cccn7C)cn6C)cn5C)cn4C)cn3C)c1)c1nnc(C)n1-2. The van der Waals surface area contributed by atoms with Crippen molar-refractivity contribution >= 4 is 110 Å². The number of ether oxygens (including phenoxy) is 9. The van der Waals surface area contributed by atoms with Gasteiger partial charge in [0.15, 0.2) is 11.6 Å². The smallest absolute Gasteiger partial charge is 0.291 e. The Kier molecular flexibility index (Phi) is 34.7. The maximum Gasteiger partial charge on any atom is 0.291 e. The number of rotatable bonds is 50. The van der Waals surface area contributed by atoms with Crippen molar-refractivity contribution in [2.24, 2.45) is 40.2 Å². The van der Waals surface area contributed by atoms with Crippen LogP contribution in [-0.2, 0) is 92.3 Å². The van der Waals surface area contributed by atoms with Crippen molar-refractivity contribution in [2.45, 2.75) is 52.5 Å². The number of imidazole rings is 1. The number of fused-ring (bicyclic) bond motifs is 3. The lowest BCUT2D eigenvalue weighted by molar-refractivity contribution is -0.121. The summed E-state index contributed by atoms with van der Waals surface area (Å²) in [5.74, 6) is -1.89. The van der Waals surface area contributed by atoms with Crippen LogP contribution in [0.1, 0.15) is 118 Å². The van der Waals surface area contributed by atoms with E-state index < -0.39 is 41.5 Å². The molecule has 9 N–H and O–H groups in total. The molecule has 10 rings (SSSR count). The zero-order valence-corrected chi connectivity index (χ0v) is 69.8. The third kappa shape index (κ3) is 27.2. The lowest BCUT2D eigenvalue weighted by Crippen LogP contribution is -2.33. The summed E-state index contributed by atoms with van der Waals surface area (Å²) in [6, 6.07) is 22.0. The number of amides is 9. The number of carbonyl (C=O) groups excluding carboxylic acids is 9. The van der Waals surface area contributed by atoms with Crippen LogP contribution in [0.5, 0.6) is 5.75 Å². The van der Waals surface area contributed by atoms with Crippen LogP contribution in [0, 0.1) is 20.8 Å². The van der Waals surface area contributed by atoms with Crippen LogP contribution in [0.25, 0.3) is 5.00 Å². The van der Waals surface area contributed by atoms with Gasteiger partial charge in [0.05, 0.1) is 135 Å². The molecule has 0 saturated carbocycles. The minimum Gasteiger partial charge on any atom is -0.491 e. The second-order valence-corrected chi connectivity index (χ2v) is 29.2. The first-order chi connectivity index (χ1) is 58.0. The number of hydrogen-bond acceptors (Lipinski definition) is 23. The van der Waals surface area contributed by atoms with Gasteiger partial charge in [-0.15, -0.1) is 21.5 Å². The predicted molar refractivity (Wildman–Crippen MR) is 447 cm³/mol. The Morgan fingerprint density at radius 2 is 0.925 bits per heavy atom. The first-order valence-corrected chi connectivity index (χ1v) is 40.1. The highest BCUT2D eigenvalue weighted by atomic mass is 35.5. The number of nitrogens with zero attached hydrogens (tertiary/aromatic N) is 10. The highest BCUT2D eigenvalue weighted by Gasteiger charge is 2.33. The molecule has 7 aromatic heterocycles. The Morgan fingerprint density at radius 1 is 0.442 bits per heavy atom. The summed E-state index contributed by atoms with van der Waals surface area (Å²) in [4.78, 5) is 127. The van der Waals surface area contributed by atoms with E-state index >= 15 is 0 Å². The first-order valence-electron chi connectivity index (χ1n) is 38.9. The van der Waals surface area contributed by atoms with E-state index in [0.29, 0.717) is 151 Å². The van der Waals surface area contributed by atoms with Crippen LogP contribution < -0.4 is 52.6 Å². The van der Waals surface area contributed by atoms with Gasteiger partial charge in [-0.2, -0.15) is 0 Å². The molecule has 0 saturated heterocycles. The number of anilines is 5. The van der Waals surface area contributed by atoms with E-state index in [1.54, 1.807) is 98.6 Å². The second kappa shape index (κ2) is 46.0. The van der Waals surface area contributed by atoms with Gasteiger partial charge in [-0.05, 0) is 80.9 Å². The molecule has 0 unspecified atom stereocenters. The van der Waals surface area contributed by atoms with Gasteiger partial charge in [0.1, 0.15) is 52.0 Å². The van der Waals surface area contributed by atoms with Gasteiger partial charge in [-0.3, -0.25) is 52.7 Å². The van der Waals surface area contributed by atoms with Crippen molar-refractivity contribution in [2.75, 3.05) is 165 Å². The number of aliphatic imine (C=N–C) groups is 1. The van der Waals surface area contributed by atoms with Gasteiger partial charge >= 0.3 is 0 Å². The topological polar surface area (TPSA) is 426 Å². The Labute approximate surface area is 701 Å². The van der Waals surface area contributed by atoms with Crippen LogP contribution in [-0.4, -0.2) is 240 Å². The summed E-state index contributed by atoms with van der Waals surface area (Å²) >= 11 is 7.92. The Morgan fingerprint density at radius 3 is 1.45 bits per heavy atom. The molecule has 1 aliphatic heterocycles. The fourth-order valence-corrected chi connectivity index (χ4v) is 13.7. The number of carbonyl (C=O) groups is 9. The average Bonchev–Trinajstić information content (AvgIpc) is 1.59. The number of aromatic nitrogens is 9. The Hall–Kier alpha value is -11.7. The largest absolute Gasteiger partial charge is 0.491 e. The van der Waals surface area contributed by atoms with Crippen molar-refractivity contribution in [3.05, 3.63) is 177 Å². The molecule has 2 aromatic carbocycles. The minimum atomic E-state index is -0.631. The number of thiophene rings is 1. The molecule has 9 amide bonds. The standard InChI is InChI=1S/C81H102ClN19O18S/c1-52-53(2)120-81-72(52)73(55-14-16-56(82)17-15-55)91-62(74-95-94-54(3)101(74)81)47-71(105)87-57-11-9-12-61(43-57)119-42-41-118-40-39-117-38-37-116-36-35-115-34-33-114-32-31-113-30-29-112-28-27-111-26-24-83-68(102)18-21-84-76(106)64-44-58(48-97(64)5)88-69(103)19-22-85-78(108)66-46-60(50-99(66)7)90-80(110)75-93-67(51-100(75)8)92-70(104)20-23-86-77(107)65-45-59(49-98(65)6)89-79(109)63-13-10-25-96(63)4/h9-17,25,43-46,48-51,62H,18-24,26-42,47H2,1-8H3,(H,83,102)(H,84,106)(H,85,108)(H,86,107)(H,87,105)(H,88,103)(H,89,109)(H,90,110)(H,92,104)/t62-/m0/s1. The third-order valence-electron chi connectivity index (χ3n) is 18.5. The Balaban J connectivity index is 0.469. The molecule has 0 aliphatic carbocycles. The normalized spacial score (nSPS) is 12.2. The maximum atomic E-state index is 13.7. The zero-order valence-electron chi connectivity index (χ0n) is 68.3. The van der Waals surface area contributed by atoms with Gasteiger partial charge in [-0.1, -0.05) is 29.8 Å². The molecule has 0 spiro atoms. The molecule has 0 bridgehead atoms. The van der Waals surface area contributed by atoms with Crippen LogP contribution in [0.15, 0.2) is 115 Å². The van der Waals surface area contributed by atoms with E-state index in [0.717, 1.165) is 32.3 Å². The van der Waals surface area contributed by atoms with Crippen LogP contribution in [0.4, 0.5) is 28.6 Å². The van der Waals surface area contributed by atoms with Gasteiger partial charge < -0.3 is 113 Å². The maximum absolute atomic E-state index is 13.7. The van der Waals surface area contributed by atoms with Crippen molar-refractivity contribution in [3.8, 4) is 10.8 Å². The molecule has 0 radical (unpaired) electrons. The van der Waals surface area contributed by atoms with Crippen LogP contribution >= 0.6 is 22.9 Å². The lowest BCUT2D eigenvalue weighted by Gasteiger charge is -2.14. The summed E-state index contributed by atoms with van der Waals surface area (Å²) in [5, 5.41) is 35.2. The molecule has 120 heavy (non-hydrogen) atoms. The van der Waals surface area contributed by atoms with Gasteiger partial charge in [0.25, 0.3) is 29.5 Å². The summed E-state index contributed by atoms with van der Waals surface area (Å²) in [7, 11) is 8.20. The van der Waals surface area contributed by atoms with E-state index in [1.807, 2.05) is 47.9 Å². The Bertz CT molecular complexity index is 5020. The average molecular weight is 1700 g/mol. The van der Waals surface area contributed by atoms with E-state index in [9.17, 15) is 43.2 Å². The predicted octanol–water partition coefficient (Wildman–Crippen LogP) is 6.39. The summed E-state index contributed by atoms with van der Waals surface area (Å²) in [6.07, 6.45) is 7.71. The van der Waals surface area contributed by atoms with Crippen molar-refractivity contribution in [1.82, 2.24) is 63.9 Å². The number of halogens is 1. The van der Waals surface area contributed by atoms with Crippen LogP contribution in [0.3, 0.4) is 0 Å². The van der Waals surface area contributed by atoms with Crippen LogP contribution in [0.2, 0.25) is 5.02 Å². The second-order valence-electron chi connectivity index (χ2n) is 27.5. The summed E-state index contributed by atoms with van der Waals surface area (Å²) in [5.41, 5.74) is 6.53. The molecular weight excluding hydrogens is 1590 g/mol. The number of hydrogen-bond donors (Lipinski definition) is 9. The summed E-state index contributed by atoms with van der Waals surface area (Å²) < 4.78 is 60.3. The number of aryl methyl sites for hydroxylation is 7. The first kappa shape index (κ1) is 90.6. The van der Waals surface area contributed by atoms with Gasteiger partial charge in [0, 0.05) is 144 Å². The van der Waals surface area contributed by atoms with E-state index in [4.69, 9.17) is 59.2 Å².